The first-order valence-corrected chi connectivity index (χ1v) is 9.44. The maximum Gasteiger partial charge on any atom is 0.243 e. The van der Waals surface area contributed by atoms with Gasteiger partial charge in [0.05, 0.1) is 4.90 Å². The van der Waals surface area contributed by atoms with E-state index in [2.05, 4.69) is 13.2 Å². The minimum atomic E-state index is -3.44. The van der Waals surface area contributed by atoms with Crippen LogP contribution in [0.3, 0.4) is 0 Å². The Hall–Kier alpha value is -1.65. The van der Waals surface area contributed by atoms with Crippen molar-refractivity contribution in [3.63, 3.8) is 0 Å². The van der Waals surface area contributed by atoms with Crippen molar-refractivity contribution in [3.8, 4) is 0 Å². The lowest BCUT2D eigenvalue weighted by atomic mass is 10.0. The third-order valence-corrected chi connectivity index (χ3v) is 6.02. The number of hydrogen-bond donors (Lipinski definition) is 0. The molecule has 0 fully saturated rings. The van der Waals surface area contributed by atoms with Gasteiger partial charge >= 0.3 is 0 Å². The SMILES string of the molecule is C=CCCCCC1=C(C=C)CN(S(=O)(=O)c2ccc(C)cc2)C1. The summed E-state index contributed by atoms with van der Waals surface area (Å²) in [5.74, 6) is 0. The molecule has 0 saturated heterocycles. The second kappa shape index (κ2) is 7.75. The fourth-order valence-corrected chi connectivity index (χ4v) is 4.19. The second-order valence-corrected chi connectivity index (χ2v) is 7.89. The fourth-order valence-electron chi connectivity index (χ4n) is 2.78. The maximum absolute atomic E-state index is 12.8. The van der Waals surface area contributed by atoms with E-state index in [1.165, 1.54) is 5.57 Å². The van der Waals surface area contributed by atoms with Crippen molar-refractivity contribution in [2.24, 2.45) is 0 Å². The molecule has 1 aromatic rings. The molecule has 3 nitrogen and oxygen atoms in total. The van der Waals surface area contributed by atoms with E-state index in [-0.39, 0.29) is 0 Å². The van der Waals surface area contributed by atoms with Crippen molar-refractivity contribution in [2.45, 2.75) is 37.5 Å². The largest absolute Gasteiger partial charge is 0.243 e. The van der Waals surface area contributed by atoms with Gasteiger partial charge < -0.3 is 0 Å². The van der Waals surface area contributed by atoms with E-state index in [9.17, 15) is 8.42 Å². The number of benzene rings is 1. The van der Waals surface area contributed by atoms with Gasteiger partial charge in [0.2, 0.25) is 10.0 Å². The van der Waals surface area contributed by atoms with E-state index in [1.807, 2.05) is 25.1 Å². The summed E-state index contributed by atoms with van der Waals surface area (Å²) < 4.78 is 27.1. The zero-order chi connectivity index (χ0) is 16.9. The second-order valence-electron chi connectivity index (χ2n) is 5.95. The van der Waals surface area contributed by atoms with Crippen LogP contribution in [0.1, 0.15) is 31.2 Å². The number of hydrogen-bond acceptors (Lipinski definition) is 2. The van der Waals surface area contributed by atoms with Crippen molar-refractivity contribution >= 4 is 10.0 Å². The Labute approximate surface area is 140 Å². The molecule has 4 heteroatoms. The van der Waals surface area contributed by atoms with Crippen LogP contribution in [0.4, 0.5) is 0 Å². The molecule has 0 bridgehead atoms. The molecule has 0 amide bonds. The third kappa shape index (κ3) is 4.21. The molecule has 0 unspecified atom stereocenters. The molecule has 0 N–H and O–H groups in total. The maximum atomic E-state index is 12.8. The van der Waals surface area contributed by atoms with Crippen LogP contribution in [0.2, 0.25) is 0 Å². The lowest BCUT2D eigenvalue weighted by Gasteiger charge is -2.17. The standard InChI is InChI=1S/C19H25NO2S/c1-4-6-7-8-9-18-15-20(14-17(18)5-2)23(21,22)19-12-10-16(3)11-13-19/h4-5,10-13H,1-2,6-9,14-15H2,3H3. The molecule has 1 aliphatic heterocycles. The highest BCUT2D eigenvalue weighted by Gasteiger charge is 2.30. The molecule has 1 heterocycles. The quantitative estimate of drug-likeness (QED) is 0.528. The summed E-state index contributed by atoms with van der Waals surface area (Å²) in [7, 11) is -3.44. The van der Waals surface area contributed by atoms with Gasteiger partial charge in [-0.2, -0.15) is 4.31 Å². The number of rotatable bonds is 8. The average Bonchev–Trinajstić information content (AvgIpc) is 2.96. The van der Waals surface area contributed by atoms with E-state index in [4.69, 9.17) is 0 Å². The number of unbranched alkanes of at least 4 members (excludes halogenated alkanes) is 2. The van der Waals surface area contributed by atoms with Gasteiger partial charge in [-0.25, -0.2) is 8.42 Å². The lowest BCUT2D eigenvalue weighted by molar-refractivity contribution is 0.479. The molecular formula is C19H25NO2S. The summed E-state index contributed by atoms with van der Waals surface area (Å²) in [5, 5.41) is 0. The highest BCUT2D eigenvalue weighted by Crippen LogP contribution is 2.28. The van der Waals surface area contributed by atoms with Crippen LogP contribution in [0.15, 0.2) is 65.6 Å². The Morgan fingerprint density at radius 3 is 2.43 bits per heavy atom. The van der Waals surface area contributed by atoms with Crippen molar-refractivity contribution in [3.05, 3.63) is 66.3 Å². The molecule has 0 atom stereocenters. The molecule has 0 aliphatic carbocycles. The van der Waals surface area contributed by atoms with Crippen molar-refractivity contribution in [2.75, 3.05) is 13.1 Å². The van der Waals surface area contributed by atoms with Gasteiger partial charge in [0.25, 0.3) is 0 Å². The Kier molecular flexibility index (Phi) is 5.97. The van der Waals surface area contributed by atoms with Gasteiger partial charge in [0, 0.05) is 13.1 Å². The summed E-state index contributed by atoms with van der Waals surface area (Å²) in [6, 6.07) is 7.03. The van der Waals surface area contributed by atoms with E-state index in [1.54, 1.807) is 22.5 Å². The zero-order valence-electron chi connectivity index (χ0n) is 13.8. The van der Waals surface area contributed by atoms with Gasteiger partial charge in [0.15, 0.2) is 0 Å². The number of nitrogens with zero attached hydrogens (tertiary/aromatic N) is 1. The fraction of sp³-hybridized carbons (Fsp3) is 0.368. The summed E-state index contributed by atoms with van der Waals surface area (Å²) in [6.07, 6.45) is 7.79. The molecule has 0 radical (unpaired) electrons. The van der Waals surface area contributed by atoms with Crippen LogP contribution in [-0.4, -0.2) is 25.8 Å². The first kappa shape index (κ1) is 17.7. The molecule has 23 heavy (non-hydrogen) atoms. The molecule has 0 saturated carbocycles. The molecule has 1 aromatic carbocycles. The monoisotopic (exact) mass is 331 g/mol. The average molecular weight is 331 g/mol. The lowest BCUT2D eigenvalue weighted by Crippen LogP contribution is -2.29. The Morgan fingerprint density at radius 1 is 1.13 bits per heavy atom. The van der Waals surface area contributed by atoms with Crippen LogP contribution in [0.5, 0.6) is 0 Å². The first-order chi connectivity index (χ1) is 11.0. The van der Waals surface area contributed by atoms with Gasteiger partial charge in [-0.05, 0) is 50.3 Å². The van der Waals surface area contributed by atoms with Crippen LogP contribution < -0.4 is 0 Å². The van der Waals surface area contributed by atoms with Gasteiger partial charge in [-0.3, -0.25) is 0 Å². The number of sulfonamides is 1. The van der Waals surface area contributed by atoms with Crippen molar-refractivity contribution in [1.29, 1.82) is 0 Å². The van der Waals surface area contributed by atoms with E-state index < -0.39 is 10.0 Å². The van der Waals surface area contributed by atoms with Crippen LogP contribution >= 0.6 is 0 Å². The van der Waals surface area contributed by atoms with Gasteiger partial charge in [-0.15, -0.1) is 6.58 Å². The predicted octanol–water partition coefficient (Wildman–Crippen LogP) is 4.23. The Morgan fingerprint density at radius 2 is 1.83 bits per heavy atom. The Balaban J connectivity index is 2.10. The highest BCUT2D eigenvalue weighted by atomic mass is 32.2. The summed E-state index contributed by atoms with van der Waals surface area (Å²) in [4.78, 5) is 0.361. The summed E-state index contributed by atoms with van der Waals surface area (Å²) >= 11 is 0. The normalized spacial score (nSPS) is 15.9. The van der Waals surface area contributed by atoms with Crippen LogP contribution in [-0.2, 0) is 10.0 Å². The Bertz CT molecular complexity index is 699. The van der Waals surface area contributed by atoms with Crippen LogP contribution in [0.25, 0.3) is 0 Å². The molecule has 124 valence electrons. The minimum absolute atomic E-state index is 0.361. The van der Waals surface area contributed by atoms with E-state index >= 15 is 0 Å². The number of aryl methyl sites for hydroxylation is 1. The molecule has 0 aromatic heterocycles. The van der Waals surface area contributed by atoms with Gasteiger partial charge in [-0.1, -0.05) is 42.0 Å². The first-order valence-electron chi connectivity index (χ1n) is 8.00. The van der Waals surface area contributed by atoms with E-state index in [0.29, 0.717) is 18.0 Å². The molecule has 2 rings (SSSR count). The number of allylic oxidation sites excluding steroid dienone is 1. The third-order valence-electron chi connectivity index (χ3n) is 4.21. The smallest absolute Gasteiger partial charge is 0.207 e. The van der Waals surface area contributed by atoms with Crippen molar-refractivity contribution < 1.29 is 8.42 Å². The van der Waals surface area contributed by atoms with E-state index in [0.717, 1.165) is 36.8 Å². The van der Waals surface area contributed by atoms with Crippen LogP contribution in [0, 0.1) is 6.92 Å². The molecule has 0 spiro atoms. The minimum Gasteiger partial charge on any atom is -0.207 e. The predicted molar refractivity (Wildman–Crippen MR) is 95.8 cm³/mol. The summed E-state index contributed by atoms with van der Waals surface area (Å²) in [6.45, 7) is 10.4. The summed E-state index contributed by atoms with van der Waals surface area (Å²) in [5.41, 5.74) is 3.30. The zero-order valence-corrected chi connectivity index (χ0v) is 14.6. The topological polar surface area (TPSA) is 37.4 Å². The highest BCUT2D eigenvalue weighted by molar-refractivity contribution is 7.89. The van der Waals surface area contributed by atoms with Crippen molar-refractivity contribution in [1.82, 2.24) is 4.31 Å². The molecular weight excluding hydrogens is 306 g/mol. The molecule has 1 aliphatic rings. The van der Waals surface area contributed by atoms with Gasteiger partial charge in [0.1, 0.15) is 0 Å².